The molecule has 0 aliphatic carbocycles. The molecule has 0 aliphatic rings. The van der Waals surface area contributed by atoms with Crippen molar-refractivity contribution in [3.8, 4) is 0 Å². The number of hydrogen-bond donors (Lipinski definition) is 1. The molecule has 7 nitrogen and oxygen atoms in total. The summed E-state index contributed by atoms with van der Waals surface area (Å²) in [7, 11) is -3.44. The zero-order valence-corrected chi connectivity index (χ0v) is 17.5. The van der Waals surface area contributed by atoms with Crippen LogP contribution in [0.5, 0.6) is 0 Å². The van der Waals surface area contributed by atoms with Gasteiger partial charge in [0.25, 0.3) is 0 Å². The average molecular weight is 432 g/mol. The van der Waals surface area contributed by atoms with Crippen LogP contribution in [-0.4, -0.2) is 36.0 Å². The molecule has 3 aromatic rings. The maximum atomic E-state index is 12.3. The molecule has 0 saturated heterocycles. The summed E-state index contributed by atoms with van der Waals surface area (Å²) in [5.74, 6) is 0.703. The van der Waals surface area contributed by atoms with Gasteiger partial charge in [0.05, 0.1) is 17.1 Å². The predicted octanol–water partition coefficient (Wildman–Crippen LogP) is 3.38. The molecule has 0 aliphatic heterocycles. The fourth-order valence-corrected chi connectivity index (χ4v) is 4.50. The molecular formula is C20H21N3O4S2. The van der Waals surface area contributed by atoms with E-state index in [0.29, 0.717) is 0 Å². The molecule has 152 valence electrons. The average Bonchev–Trinajstić information content (AvgIpc) is 3.16. The molecule has 1 amide bonds. The number of benzene rings is 2. The Labute approximate surface area is 173 Å². The number of thioether (sulfide) groups is 1. The normalized spacial score (nSPS) is 11.3. The first-order chi connectivity index (χ1) is 14.0. The summed E-state index contributed by atoms with van der Waals surface area (Å²) in [5.41, 5.74) is 0.872. The number of rotatable bonds is 9. The lowest BCUT2D eigenvalue weighted by Crippen LogP contribution is -2.14. The fraction of sp³-hybridized carbons (Fsp3) is 0.250. The highest BCUT2D eigenvalue weighted by Gasteiger charge is 2.17. The lowest BCUT2D eigenvalue weighted by molar-refractivity contribution is -0.115. The third-order valence-electron chi connectivity index (χ3n) is 4.00. The standard InChI is InChI=1S/C20H21N3O4S2/c1-2-28-16-10-8-15(9-11-16)14-18(24)21-20-23-22-19(27-20)12-13-29(25,26)17-6-4-3-5-7-17/h3-11H,2,12-14H2,1H3,(H,21,23,24). The molecule has 3 rings (SSSR count). The van der Waals surface area contributed by atoms with Crippen LogP contribution in [0.3, 0.4) is 0 Å². The van der Waals surface area contributed by atoms with Crippen molar-refractivity contribution < 1.29 is 17.6 Å². The number of aryl methyl sites for hydroxylation is 1. The number of aromatic nitrogens is 2. The highest BCUT2D eigenvalue weighted by atomic mass is 32.2. The van der Waals surface area contributed by atoms with Crippen LogP contribution in [0.15, 0.2) is 68.8 Å². The van der Waals surface area contributed by atoms with Crippen molar-refractivity contribution >= 4 is 33.5 Å². The molecular weight excluding hydrogens is 410 g/mol. The van der Waals surface area contributed by atoms with Gasteiger partial charge in [-0.3, -0.25) is 10.1 Å². The van der Waals surface area contributed by atoms with Crippen molar-refractivity contribution in [3.63, 3.8) is 0 Å². The monoisotopic (exact) mass is 431 g/mol. The van der Waals surface area contributed by atoms with Gasteiger partial charge in [-0.25, -0.2) is 8.42 Å². The van der Waals surface area contributed by atoms with Gasteiger partial charge in [0.15, 0.2) is 9.84 Å². The Hall–Kier alpha value is -2.65. The number of amides is 1. The third-order valence-corrected chi connectivity index (χ3v) is 6.63. The minimum absolute atomic E-state index is 0.0414. The van der Waals surface area contributed by atoms with E-state index in [-0.39, 0.29) is 41.3 Å². The molecule has 0 atom stereocenters. The van der Waals surface area contributed by atoms with Gasteiger partial charge < -0.3 is 4.42 Å². The molecule has 2 aromatic carbocycles. The van der Waals surface area contributed by atoms with E-state index in [0.717, 1.165) is 16.2 Å². The number of anilines is 1. The summed E-state index contributed by atoms with van der Waals surface area (Å²) in [6, 6.07) is 15.9. The molecule has 0 saturated carbocycles. The Morgan fingerprint density at radius 1 is 1.07 bits per heavy atom. The van der Waals surface area contributed by atoms with Gasteiger partial charge in [-0.05, 0) is 35.6 Å². The maximum absolute atomic E-state index is 12.3. The molecule has 1 heterocycles. The molecule has 9 heteroatoms. The van der Waals surface area contributed by atoms with Gasteiger partial charge in [-0.1, -0.05) is 42.4 Å². The minimum Gasteiger partial charge on any atom is -0.408 e. The van der Waals surface area contributed by atoms with E-state index in [2.05, 4.69) is 22.4 Å². The largest absolute Gasteiger partial charge is 0.408 e. The van der Waals surface area contributed by atoms with Crippen molar-refractivity contribution in [2.75, 3.05) is 16.8 Å². The summed E-state index contributed by atoms with van der Waals surface area (Å²) < 4.78 is 29.9. The van der Waals surface area contributed by atoms with Crippen LogP contribution in [0.25, 0.3) is 0 Å². The van der Waals surface area contributed by atoms with E-state index < -0.39 is 9.84 Å². The van der Waals surface area contributed by atoms with E-state index in [9.17, 15) is 13.2 Å². The zero-order valence-electron chi connectivity index (χ0n) is 15.9. The molecule has 1 N–H and O–H groups in total. The fourth-order valence-electron chi connectivity index (χ4n) is 2.59. The predicted molar refractivity (Wildman–Crippen MR) is 112 cm³/mol. The van der Waals surface area contributed by atoms with Crippen molar-refractivity contribution in [1.29, 1.82) is 0 Å². The van der Waals surface area contributed by atoms with Crippen molar-refractivity contribution in [2.45, 2.75) is 29.6 Å². The Morgan fingerprint density at radius 2 is 1.79 bits per heavy atom. The topological polar surface area (TPSA) is 102 Å². The molecule has 0 bridgehead atoms. The highest BCUT2D eigenvalue weighted by molar-refractivity contribution is 7.99. The SMILES string of the molecule is CCSc1ccc(CC(=O)Nc2nnc(CCS(=O)(=O)c3ccccc3)o2)cc1. The van der Waals surface area contributed by atoms with Crippen LogP contribution < -0.4 is 5.32 Å². The number of hydrogen-bond acceptors (Lipinski definition) is 7. The highest BCUT2D eigenvalue weighted by Crippen LogP contribution is 2.18. The van der Waals surface area contributed by atoms with Gasteiger partial charge in [0.2, 0.25) is 11.8 Å². The van der Waals surface area contributed by atoms with E-state index in [4.69, 9.17) is 4.42 Å². The minimum atomic E-state index is -3.44. The van der Waals surface area contributed by atoms with Crippen LogP contribution in [-0.2, 0) is 27.5 Å². The maximum Gasteiger partial charge on any atom is 0.322 e. The number of carbonyl (C=O) groups is 1. The van der Waals surface area contributed by atoms with Gasteiger partial charge in [0, 0.05) is 11.3 Å². The summed E-state index contributed by atoms with van der Waals surface area (Å²) in [5, 5.41) is 10.1. The Kier molecular flexibility index (Phi) is 7.05. The Bertz CT molecular complexity index is 1050. The Balaban J connectivity index is 1.52. The van der Waals surface area contributed by atoms with Gasteiger partial charge in [-0.2, -0.15) is 0 Å². The first-order valence-electron chi connectivity index (χ1n) is 9.08. The molecule has 0 unspecified atom stereocenters. The molecule has 0 spiro atoms. The van der Waals surface area contributed by atoms with Crippen LogP contribution in [0.1, 0.15) is 18.4 Å². The van der Waals surface area contributed by atoms with E-state index in [1.165, 1.54) is 0 Å². The van der Waals surface area contributed by atoms with Crippen LogP contribution in [0.4, 0.5) is 6.01 Å². The quantitative estimate of drug-likeness (QED) is 0.518. The second kappa shape index (κ2) is 9.71. The van der Waals surface area contributed by atoms with E-state index >= 15 is 0 Å². The van der Waals surface area contributed by atoms with Crippen molar-refractivity contribution in [3.05, 3.63) is 66.1 Å². The van der Waals surface area contributed by atoms with Crippen molar-refractivity contribution in [2.24, 2.45) is 0 Å². The summed E-state index contributed by atoms with van der Waals surface area (Å²) >= 11 is 1.74. The van der Waals surface area contributed by atoms with Crippen LogP contribution in [0, 0.1) is 0 Å². The van der Waals surface area contributed by atoms with Gasteiger partial charge in [-0.15, -0.1) is 16.9 Å². The summed E-state index contributed by atoms with van der Waals surface area (Å²) in [6.07, 6.45) is 0.244. The number of sulfone groups is 1. The van der Waals surface area contributed by atoms with Crippen LogP contribution in [0.2, 0.25) is 0 Å². The lowest BCUT2D eigenvalue weighted by Gasteiger charge is -2.03. The first-order valence-corrected chi connectivity index (χ1v) is 11.7. The third kappa shape index (κ3) is 6.16. The molecule has 1 aromatic heterocycles. The Morgan fingerprint density at radius 3 is 2.48 bits per heavy atom. The second-order valence-electron chi connectivity index (χ2n) is 6.18. The second-order valence-corrected chi connectivity index (χ2v) is 9.63. The molecule has 29 heavy (non-hydrogen) atoms. The van der Waals surface area contributed by atoms with Gasteiger partial charge in [0.1, 0.15) is 0 Å². The van der Waals surface area contributed by atoms with E-state index in [1.54, 1.807) is 42.1 Å². The van der Waals surface area contributed by atoms with Gasteiger partial charge >= 0.3 is 6.01 Å². The summed E-state index contributed by atoms with van der Waals surface area (Å²) in [4.78, 5) is 13.6. The number of carbonyl (C=O) groups excluding carboxylic acids is 1. The number of nitrogens with zero attached hydrogens (tertiary/aromatic N) is 2. The number of nitrogens with one attached hydrogen (secondary N) is 1. The lowest BCUT2D eigenvalue weighted by atomic mass is 10.1. The smallest absolute Gasteiger partial charge is 0.322 e. The first kappa shape index (κ1) is 21.1. The van der Waals surface area contributed by atoms with Crippen molar-refractivity contribution in [1.82, 2.24) is 10.2 Å². The summed E-state index contributed by atoms with van der Waals surface area (Å²) in [6.45, 7) is 2.09. The van der Waals surface area contributed by atoms with Crippen LogP contribution >= 0.6 is 11.8 Å². The molecule has 0 radical (unpaired) electrons. The van der Waals surface area contributed by atoms with E-state index in [1.807, 2.05) is 24.3 Å². The molecule has 0 fully saturated rings. The zero-order chi connectivity index (χ0) is 20.7.